The minimum atomic E-state index is -0.384. The second-order valence-electron chi connectivity index (χ2n) is 5.66. The molecule has 5 nitrogen and oxygen atoms in total. The average Bonchev–Trinajstić information content (AvgIpc) is 2.62. The lowest BCUT2D eigenvalue weighted by Crippen LogP contribution is -2.13. The van der Waals surface area contributed by atoms with E-state index in [0.29, 0.717) is 28.5 Å². The Morgan fingerprint density at radius 2 is 1.92 bits per heavy atom. The van der Waals surface area contributed by atoms with Gasteiger partial charge in [-0.2, -0.15) is 0 Å². The van der Waals surface area contributed by atoms with Crippen molar-refractivity contribution in [2.24, 2.45) is 0 Å². The number of hydrogen-bond acceptors (Lipinski definition) is 4. The Balaban J connectivity index is 1.66. The summed E-state index contributed by atoms with van der Waals surface area (Å²) in [6, 6.07) is 11.0. The molecule has 3 rings (SSSR count). The molecule has 0 bridgehead atoms. The van der Waals surface area contributed by atoms with Crippen molar-refractivity contribution in [3.8, 4) is 0 Å². The Labute approximate surface area is 154 Å². The van der Waals surface area contributed by atoms with Crippen molar-refractivity contribution in [3.63, 3.8) is 0 Å². The van der Waals surface area contributed by atoms with Crippen LogP contribution >= 0.6 is 11.6 Å². The van der Waals surface area contributed by atoms with E-state index in [1.165, 1.54) is 18.3 Å². The van der Waals surface area contributed by atoms with Gasteiger partial charge in [-0.15, -0.1) is 0 Å². The van der Waals surface area contributed by atoms with Crippen LogP contribution < -0.4 is 5.32 Å². The van der Waals surface area contributed by atoms with E-state index in [2.05, 4.69) is 15.3 Å². The Kier molecular flexibility index (Phi) is 5.55. The molecule has 1 amide bonds. The molecule has 0 aliphatic heterocycles. The third-order valence-corrected chi connectivity index (χ3v) is 3.86. The first-order valence-electron chi connectivity index (χ1n) is 7.80. The number of nitrogens with one attached hydrogen (secondary N) is 1. The van der Waals surface area contributed by atoms with Crippen LogP contribution in [0.25, 0.3) is 0 Å². The zero-order valence-corrected chi connectivity index (χ0v) is 14.4. The maximum atomic E-state index is 13.4. The smallest absolute Gasteiger partial charge is 0.258 e. The van der Waals surface area contributed by atoms with Crippen LogP contribution in [-0.4, -0.2) is 21.0 Å². The Morgan fingerprint density at radius 1 is 1.08 bits per heavy atom. The van der Waals surface area contributed by atoms with Gasteiger partial charge in [0.15, 0.2) is 0 Å². The van der Waals surface area contributed by atoms with Crippen molar-refractivity contribution in [1.82, 2.24) is 9.97 Å². The number of halogens is 2. The molecule has 1 aromatic carbocycles. The highest BCUT2D eigenvalue weighted by molar-refractivity contribution is 6.30. The van der Waals surface area contributed by atoms with Crippen LogP contribution in [0.5, 0.6) is 0 Å². The molecule has 26 heavy (non-hydrogen) atoms. The molecule has 0 spiro atoms. The lowest BCUT2D eigenvalue weighted by Gasteiger charge is -2.07. The van der Waals surface area contributed by atoms with Gasteiger partial charge in [-0.05, 0) is 53.9 Å². The van der Waals surface area contributed by atoms with Gasteiger partial charge in [-0.1, -0.05) is 17.7 Å². The molecule has 0 saturated carbocycles. The van der Waals surface area contributed by atoms with Gasteiger partial charge in [0.05, 0.1) is 17.9 Å². The van der Waals surface area contributed by atoms with Gasteiger partial charge in [0.2, 0.25) is 0 Å². The molecule has 0 unspecified atom stereocenters. The molecule has 0 saturated heterocycles. The van der Waals surface area contributed by atoms with Crippen LogP contribution in [0.4, 0.5) is 10.2 Å². The van der Waals surface area contributed by atoms with Crippen LogP contribution in [0.2, 0.25) is 5.02 Å². The van der Waals surface area contributed by atoms with E-state index < -0.39 is 0 Å². The number of aromatic nitrogens is 2. The molecular weight excluding hydrogens is 357 g/mol. The number of hydrogen-bond donors (Lipinski definition) is 2. The molecule has 132 valence electrons. The first-order chi connectivity index (χ1) is 12.5. The zero-order chi connectivity index (χ0) is 18.5. The van der Waals surface area contributed by atoms with Crippen LogP contribution in [-0.2, 0) is 13.0 Å². The van der Waals surface area contributed by atoms with Crippen LogP contribution in [0.1, 0.15) is 27.2 Å². The molecule has 0 atom stereocenters. The second kappa shape index (κ2) is 8.03. The highest BCUT2D eigenvalue weighted by Gasteiger charge is 2.08. The number of nitrogens with zero attached hydrogens (tertiary/aromatic N) is 2. The third kappa shape index (κ3) is 4.62. The predicted octanol–water partition coefficient (Wildman–Crippen LogP) is 3.60. The van der Waals surface area contributed by atoms with E-state index in [-0.39, 0.29) is 18.3 Å². The lowest BCUT2D eigenvalue weighted by molar-refractivity contribution is 0.102. The summed E-state index contributed by atoms with van der Waals surface area (Å²) in [6.07, 6.45) is 3.48. The fourth-order valence-electron chi connectivity index (χ4n) is 2.39. The summed E-state index contributed by atoms with van der Waals surface area (Å²) in [6.45, 7) is -0.179. The largest absolute Gasteiger partial charge is 0.390 e. The number of carbonyl (C=O) groups is 1. The number of aliphatic hydroxyl groups is 1. The Bertz CT molecular complexity index is 895. The first-order valence-corrected chi connectivity index (χ1v) is 8.18. The standard InChI is InChI=1S/C19H15ClFN3O2/c20-15-6-13(7-16(21)8-15)5-12-1-4-18(23-9-12)24-19(26)14-2-3-17(11-25)22-10-14/h1-4,6-10,25H,5,11H2,(H,23,24,26). The van der Waals surface area contributed by atoms with Crippen molar-refractivity contribution < 1.29 is 14.3 Å². The molecule has 3 aromatic rings. The van der Waals surface area contributed by atoms with Crippen molar-refractivity contribution in [1.29, 1.82) is 0 Å². The van der Waals surface area contributed by atoms with E-state index in [1.807, 2.05) is 0 Å². The van der Waals surface area contributed by atoms with Gasteiger partial charge in [0, 0.05) is 17.4 Å². The van der Waals surface area contributed by atoms with E-state index in [0.717, 1.165) is 11.1 Å². The Hall–Kier alpha value is -2.83. The fraction of sp³-hybridized carbons (Fsp3) is 0.105. The lowest BCUT2D eigenvalue weighted by atomic mass is 10.1. The van der Waals surface area contributed by atoms with Crippen LogP contribution in [0, 0.1) is 5.82 Å². The summed E-state index contributed by atoms with van der Waals surface area (Å²) in [5.41, 5.74) is 2.45. The van der Waals surface area contributed by atoms with Crippen molar-refractivity contribution >= 4 is 23.3 Å². The minimum absolute atomic E-state index is 0.179. The zero-order valence-electron chi connectivity index (χ0n) is 13.6. The quantitative estimate of drug-likeness (QED) is 0.718. The molecule has 2 N–H and O–H groups in total. The number of rotatable bonds is 5. The molecule has 0 fully saturated rings. The average molecular weight is 372 g/mol. The molecule has 2 aromatic heterocycles. The SMILES string of the molecule is O=C(Nc1ccc(Cc2cc(F)cc(Cl)c2)cn1)c1ccc(CO)nc1. The summed E-state index contributed by atoms with van der Waals surface area (Å²) < 4.78 is 13.4. The predicted molar refractivity (Wildman–Crippen MR) is 96.6 cm³/mol. The minimum Gasteiger partial charge on any atom is -0.390 e. The summed E-state index contributed by atoms with van der Waals surface area (Å²) in [5, 5.41) is 12.0. The van der Waals surface area contributed by atoms with E-state index >= 15 is 0 Å². The second-order valence-corrected chi connectivity index (χ2v) is 6.09. The molecule has 7 heteroatoms. The number of aliphatic hydroxyl groups excluding tert-OH is 1. The topological polar surface area (TPSA) is 75.1 Å². The molecule has 0 radical (unpaired) electrons. The van der Waals surface area contributed by atoms with Crippen LogP contribution in [0.3, 0.4) is 0 Å². The summed E-state index contributed by atoms with van der Waals surface area (Å²) in [5.74, 6) is -0.341. The van der Waals surface area contributed by atoms with Gasteiger partial charge in [0.1, 0.15) is 11.6 Å². The molecular formula is C19H15ClFN3O2. The normalized spacial score (nSPS) is 10.6. The van der Waals surface area contributed by atoms with Gasteiger partial charge >= 0.3 is 0 Å². The van der Waals surface area contributed by atoms with Crippen LogP contribution in [0.15, 0.2) is 54.9 Å². The van der Waals surface area contributed by atoms with E-state index in [4.69, 9.17) is 16.7 Å². The summed E-state index contributed by atoms with van der Waals surface area (Å²) in [4.78, 5) is 20.3. The van der Waals surface area contributed by atoms with Crippen molar-refractivity contribution in [2.45, 2.75) is 13.0 Å². The van der Waals surface area contributed by atoms with Gasteiger partial charge < -0.3 is 10.4 Å². The molecule has 0 aliphatic rings. The highest BCUT2D eigenvalue weighted by Crippen LogP contribution is 2.18. The number of anilines is 1. The third-order valence-electron chi connectivity index (χ3n) is 3.65. The number of pyridine rings is 2. The fourth-order valence-corrected chi connectivity index (χ4v) is 2.64. The number of carbonyl (C=O) groups excluding carboxylic acids is 1. The summed E-state index contributed by atoms with van der Waals surface area (Å²) in [7, 11) is 0. The van der Waals surface area contributed by atoms with Crippen molar-refractivity contribution in [2.75, 3.05) is 5.32 Å². The highest BCUT2D eigenvalue weighted by atomic mass is 35.5. The summed E-state index contributed by atoms with van der Waals surface area (Å²) >= 11 is 5.85. The van der Waals surface area contributed by atoms with Crippen molar-refractivity contribution in [3.05, 3.63) is 88.1 Å². The van der Waals surface area contributed by atoms with Gasteiger partial charge in [0.25, 0.3) is 5.91 Å². The first kappa shape index (κ1) is 18.0. The Morgan fingerprint density at radius 3 is 2.54 bits per heavy atom. The maximum Gasteiger partial charge on any atom is 0.258 e. The number of benzene rings is 1. The van der Waals surface area contributed by atoms with Gasteiger partial charge in [-0.25, -0.2) is 9.37 Å². The number of amides is 1. The van der Waals surface area contributed by atoms with E-state index in [1.54, 1.807) is 36.5 Å². The van der Waals surface area contributed by atoms with E-state index in [9.17, 15) is 9.18 Å². The monoisotopic (exact) mass is 371 g/mol. The molecule has 0 aliphatic carbocycles. The van der Waals surface area contributed by atoms with Gasteiger partial charge in [-0.3, -0.25) is 9.78 Å². The molecule has 2 heterocycles. The maximum absolute atomic E-state index is 13.4.